The first-order valence-electron chi connectivity index (χ1n) is 14.7. The van der Waals surface area contributed by atoms with E-state index in [4.69, 9.17) is 9.47 Å². The van der Waals surface area contributed by atoms with Gasteiger partial charge in [-0.3, -0.25) is 0 Å². The van der Waals surface area contributed by atoms with Crippen molar-refractivity contribution in [3.8, 4) is 28.4 Å². The lowest BCUT2D eigenvalue weighted by molar-refractivity contribution is 0.366. The van der Waals surface area contributed by atoms with Crippen LogP contribution in [0.5, 0.6) is 17.2 Å². The summed E-state index contributed by atoms with van der Waals surface area (Å²) in [6, 6.07) is 21.8. The smallest absolute Gasteiger partial charge is 0.205 e. The molecule has 0 saturated carbocycles. The summed E-state index contributed by atoms with van der Waals surface area (Å²) in [4.78, 5) is 0. The van der Waals surface area contributed by atoms with Crippen LogP contribution < -0.4 is 9.47 Å². The van der Waals surface area contributed by atoms with Crippen LogP contribution in [-0.4, -0.2) is 7.11 Å². The number of methoxy groups -OCH3 is 1. The van der Waals surface area contributed by atoms with Gasteiger partial charge in [-0.25, -0.2) is 26.3 Å². The summed E-state index contributed by atoms with van der Waals surface area (Å²) in [5.41, 5.74) is -1.98. The minimum Gasteiger partial charge on any atom is -0.497 e. The van der Waals surface area contributed by atoms with Crippen molar-refractivity contribution in [3.63, 3.8) is 0 Å². The normalized spacial score (nSPS) is 12.0. The van der Waals surface area contributed by atoms with Gasteiger partial charge in [0.05, 0.1) is 18.2 Å². The highest BCUT2D eigenvalue weighted by molar-refractivity contribution is 5.69. The van der Waals surface area contributed by atoms with Crippen molar-refractivity contribution in [1.29, 1.82) is 0 Å². The zero-order chi connectivity index (χ0) is 35.3. The largest absolute Gasteiger partial charge is 0.497 e. The first-order valence-corrected chi connectivity index (χ1v) is 14.7. The monoisotopic (exact) mass is 670 g/mol. The van der Waals surface area contributed by atoms with Crippen molar-refractivity contribution < 1.29 is 44.6 Å². The van der Waals surface area contributed by atoms with Crippen molar-refractivity contribution in [1.82, 2.24) is 0 Å². The van der Waals surface area contributed by atoms with Gasteiger partial charge in [0.1, 0.15) is 11.5 Å². The molecule has 5 aromatic carbocycles. The second-order valence-electron chi connectivity index (χ2n) is 12.4. The summed E-state index contributed by atoms with van der Waals surface area (Å²) in [7, 11) is 1.61. The first kappa shape index (κ1) is 34.5. The molecule has 5 rings (SSSR count). The van der Waals surface area contributed by atoms with Gasteiger partial charge in [-0.1, -0.05) is 76.2 Å². The molecule has 5 aromatic rings. The topological polar surface area (TPSA) is 18.5 Å². The lowest BCUT2D eigenvalue weighted by Gasteiger charge is -2.29. The lowest BCUT2D eigenvalue weighted by atomic mass is 9.74. The molecule has 0 aliphatic carbocycles. The average Bonchev–Trinajstić information content (AvgIpc) is 3.09. The van der Waals surface area contributed by atoms with Gasteiger partial charge in [0.25, 0.3) is 0 Å². The zero-order valence-electron chi connectivity index (χ0n) is 26.8. The minimum absolute atomic E-state index is 0.222. The molecule has 10 heteroatoms. The molecule has 2 nitrogen and oxygen atoms in total. The molecule has 0 aliphatic heterocycles. The third kappa shape index (κ3) is 5.77. The van der Waals surface area contributed by atoms with Gasteiger partial charge < -0.3 is 9.47 Å². The molecule has 0 N–H and O–H groups in total. The molecular weight excluding hydrogens is 640 g/mol. The van der Waals surface area contributed by atoms with Crippen LogP contribution in [0.25, 0.3) is 11.1 Å². The first-order chi connectivity index (χ1) is 22.5. The number of ether oxygens (including phenoxy) is 2. The van der Waals surface area contributed by atoms with Crippen LogP contribution in [0.3, 0.4) is 0 Å². The summed E-state index contributed by atoms with van der Waals surface area (Å²) in [6.07, 6.45) is 0. The second-order valence-corrected chi connectivity index (χ2v) is 12.4. The molecule has 0 fully saturated rings. The lowest BCUT2D eigenvalue weighted by Crippen LogP contribution is -2.21. The summed E-state index contributed by atoms with van der Waals surface area (Å²) < 4.78 is 128. The van der Waals surface area contributed by atoms with Gasteiger partial charge in [-0.15, -0.1) is 0 Å². The molecule has 0 spiro atoms. The van der Waals surface area contributed by atoms with E-state index < -0.39 is 74.4 Å². The number of rotatable bonds is 8. The highest BCUT2D eigenvalue weighted by Gasteiger charge is 2.34. The second kappa shape index (κ2) is 12.6. The van der Waals surface area contributed by atoms with E-state index in [1.807, 2.05) is 62.4 Å². The van der Waals surface area contributed by atoms with Gasteiger partial charge in [-0.2, -0.15) is 8.78 Å². The van der Waals surface area contributed by atoms with Gasteiger partial charge >= 0.3 is 0 Å². The molecule has 0 aromatic heterocycles. The van der Waals surface area contributed by atoms with Gasteiger partial charge in [0.15, 0.2) is 34.9 Å². The Balaban J connectivity index is 1.41. The van der Waals surface area contributed by atoms with Crippen molar-refractivity contribution in [3.05, 3.63) is 147 Å². The highest BCUT2D eigenvalue weighted by atomic mass is 19.2. The van der Waals surface area contributed by atoms with E-state index in [-0.39, 0.29) is 11.2 Å². The van der Waals surface area contributed by atoms with E-state index in [0.717, 1.165) is 28.0 Å². The summed E-state index contributed by atoms with van der Waals surface area (Å²) in [5.74, 6) is -18.3. The molecule has 0 aliphatic rings. The average molecular weight is 671 g/mol. The predicted octanol–water partition coefficient (Wildman–Crippen LogP) is 11.2. The molecule has 48 heavy (non-hydrogen) atoms. The van der Waals surface area contributed by atoms with E-state index in [9.17, 15) is 17.6 Å². The van der Waals surface area contributed by atoms with Crippen molar-refractivity contribution in [2.24, 2.45) is 0 Å². The Morgan fingerprint density at radius 2 is 0.708 bits per heavy atom. The number of halogens is 8. The van der Waals surface area contributed by atoms with Gasteiger partial charge in [-0.05, 0) is 53.4 Å². The Kier molecular flexibility index (Phi) is 9.07. The van der Waals surface area contributed by atoms with Crippen molar-refractivity contribution in [2.45, 2.75) is 45.4 Å². The van der Waals surface area contributed by atoms with E-state index >= 15 is 17.6 Å². The van der Waals surface area contributed by atoms with E-state index in [2.05, 4.69) is 13.8 Å². The van der Waals surface area contributed by atoms with Crippen molar-refractivity contribution in [2.75, 3.05) is 7.11 Å². The maximum Gasteiger partial charge on any atom is 0.205 e. The van der Waals surface area contributed by atoms with Crippen LogP contribution in [0.1, 0.15) is 55.5 Å². The van der Waals surface area contributed by atoms with Crippen molar-refractivity contribution >= 4 is 0 Å². The SMILES string of the molecule is COc1ccc(C(C)(C)c2ccc(C(C)(C)c3ccc(Oc4c(F)c(F)c(-c5c(F)c(F)c(C)c(F)c5F)c(F)c4F)cc3)cc2)cc1. The Morgan fingerprint density at radius 3 is 1.04 bits per heavy atom. The standard InChI is InChI=1S/C38H30F8O2/c1-19-28(39)30(41)26(31(42)29(19)40)27-32(43)34(45)36(35(46)33(27)44)48-25-17-13-23(14-18-25)38(4,5)21-9-7-20(8-10-21)37(2,3)22-11-15-24(47-6)16-12-22/h7-18H,1-6H3. The molecule has 0 radical (unpaired) electrons. The summed E-state index contributed by atoms with van der Waals surface area (Å²) in [5, 5.41) is 0. The van der Waals surface area contributed by atoms with Crippen LogP contribution in [-0.2, 0) is 10.8 Å². The third-order valence-corrected chi connectivity index (χ3v) is 8.89. The molecular formula is C38H30F8O2. The molecule has 0 saturated heterocycles. The Bertz CT molecular complexity index is 1940. The van der Waals surface area contributed by atoms with Gasteiger partial charge in [0.2, 0.25) is 17.4 Å². The fourth-order valence-corrected chi connectivity index (χ4v) is 5.58. The van der Waals surface area contributed by atoms with Crippen LogP contribution in [0.2, 0.25) is 0 Å². The fraction of sp³-hybridized carbons (Fsp3) is 0.211. The van der Waals surface area contributed by atoms with Crippen LogP contribution in [0, 0.1) is 53.5 Å². The predicted molar refractivity (Wildman–Crippen MR) is 166 cm³/mol. The maximum absolute atomic E-state index is 15.0. The number of hydrogen-bond acceptors (Lipinski definition) is 2. The van der Waals surface area contributed by atoms with E-state index in [1.165, 1.54) is 12.1 Å². The summed E-state index contributed by atoms with van der Waals surface area (Å²) in [6.45, 7) is 8.83. The molecule has 0 heterocycles. The quantitative estimate of drug-likeness (QED) is 0.121. The fourth-order valence-electron chi connectivity index (χ4n) is 5.58. The number of hydrogen-bond donors (Lipinski definition) is 0. The number of benzene rings is 5. The highest BCUT2D eigenvalue weighted by Crippen LogP contribution is 2.42. The Hall–Kier alpha value is -4.86. The van der Waals surface area contributed by atoms with Crippen LogP contribution in [0.15, 0.2) is 72.8 Å². The minimum atomic E-state index is -2.30. The Labute approximate surface area is 272 Å². The van der Waals surface area contributed by atoms with Crippen LogP contribution in [0.4, 0.5) is 35.1 Å². The molecule has 250 valence electrons. The molecule has 0 bridgehead atoms. The molecule has 0 unspecified atom stereocenters. The van der Waals surface area contributed by atoms with E-state index in [1.54, 1.807) is 19.2 Å². The summed E-state index contributed by atoms with van der Waals surface area (Å²) >= 11 is 0. The van der Waals surface area contributed by atoms with Gasteiger partial charge in [0, 0.05) is 16.4 Å². The molecule has 0 amide bonds. The maximum atomic E-state index is 15.0. The van der Waals surface area contributed by atoms with E-state index in [0.29, 0.717) is 6.92 Å². The Morgan fingerprint density at radius 1 is 0.417 bits per heavy atom. The molecule has 0 atom stereocenters. The third-order valence-electron chi connectivity index (χ3n) is 8.89. The van der Waals surface area contributed by atoms with Crippen LogP contribution >= 0.6 is 0 Å². The zero-order valence-corrected chi connectivity index (χ0v) is 26.8.